The Labute approximate surface area is 105 Å². The number of benzene rings is 1. The van der Waals surface area contributed by atoms with E-state index in [1.54, 1.807) is 0 Å². The van der Waals surface area contributed by atoms with E-state index in [0.29, 0.717) is 5.92 Å². The first-order valence-corrected chi connectivity index (χ1v) is 6.55. The molecule has 1 aromatic rings. The van der Waals surface area contributed by atoms with Gasteiger partial charge >= 0.3 is 0 Å². The van der Waals surface area contributed by atoms with Crippen LogP contribution in [0.4, 0.5) is 0 Å². The van der Waals surface area contributed by atoms with Crippen LogP contribution < -0.4 is 11.1 Å². The summed E-state index contributed by atoms with van der Waals surface area (Å²) in [7, 11) is 0. The Balaban J connectivity index is 2.26. The van der Waals surface area contributed by atoms with Gasteiger partial charge in [0, 0.05) is 18.5 Å². The van der Waals surface area contributed by atoms with Crippen molar-refractivity contribution in [3.8, 4) is 0 Å². The molecule has 1 aromatic carbocycles. The minimum absolute atomic E-state index is 0.215. The van der Waals surface area contributed by atoms with Crippen molar-refractivity contribution < 1.29 is 0 Å². The molecule has 0 spiro atoms. The van der Waals surface area contributed by atoms with E-state index < -0.39 is 0 Å². The number of piperidine rings is 1. The van der Waals surface area contributed by atoms with Crippen molar-refractivity contribution in [2.75, 3.05) is 13.1 Å². The SMILES string of the molecule is CC(C)(C)c1cccc(C2CCNCC2N)c1. The smallest absolute Gasteiger partial charge is 0.0235 e. The normalized spacial score (nSPS) is 25.9. The van der Waals surface area contributed by atoms with Crippen molar-refractivity contribution in [3.63, 3.8) is 0 Å². The summed E-state index contributed by atoms with van der Waals surface area (Å²) in [4.78, 5) is 0. The van der Waals surface area contributed by atoms with E-state index in [1.807, 2.05) is 0 Å². The van der Waals surface area contributed by atoms with E-state index in [0.717, 1.165) is 19.5 Å². The summed E-state index contributed by atoms with van der Waals surface area (Å²) >= 11 is 0. The molecule has 0 bridgehead atoms. The minimum Gasteiger partial charge on any atom is -0.326 e. The van der Waals surface area contributed by atoms with Crippen molar-refractivity contribution in [1.82, 2.24) is 5.32 Å². The van der Waals surface area contributed by atoms with Crippen molar-refractivity contribution >= 4 is 0 Å². The molecule has 0 aromatic heterocycles. The molecule has 1 heterocycles. The van der Waals surface area contributed by atoms with Gasteiger partial charge in [-0.1, -0.05) is 45.0 Å². The van der Waals surface area contributed by atoms with Gasteiger partial charge in [0.1, 0.15) is 0 Å². The van der Waals surface area contributed by atoms with Crippen LogP contribution in [0.25, 0.3) is 0 Å². The van der Waals surface area contributed by atoms with Crippen LogP contribution in [-0.2, 0) is 5.41 Å². The average molecular weight is 232 g/mol. The molecule has 2 heteroatoms. The maximum absolute atomic E-state index is 6.21. The van der Waals surface area contributed by atoms with E-state index in [-0.39, 0.29) is 11.5 Å². The first kappa shape index (κ1) is 12.6. The summed E-state index contributed by atoms with van der Waals surface area (Å²) in [6, 6.07) is 9.21. The Morgan fingerprint density at radius 3 is 2.71 bits per heavy atom. The van der Waals surface area contributed by atoms with Crippen LogP contribution in [0.2, 0.25) is 0 Å². The lowest BCUT2D eigenvalue weighted by Gasteiger charge is -2.31. The van der Waals surface area contributed by atoms with Crippen molar-refractivity contribution in [2.24, 2.45) is 5.73 Å². The molecule has 0 amide bonds. The van der Waals surface area contributed by atoms with Crippen LogP contribution in [-0.4, -0.2) is 19.1 Å². The van der Waals surface area contributed by atoms with Gasteiger partial charge in [-0.2, -0.15) is 0 Å². The summed E-state index contributed by atoms with van der Waals surface area (Å²) in [5.41, 5.74) is 9.24. The molecule has 17 heavy (non-hydrogen) atoms. The van der Waals surface area contributed by atoms with Crippen LogP contribution >= 0.6 is 0 Å². The fourth-order valence-electron chi connectivity index (χ4n) is 2.53. The highest BCUT2D eigenvalue weighted by atomic mass is 14.9. The molecule has 2 rings (SSSR count). The van der Waals surface area contributed by atoms with Gasteiger partial charge in [-0.3, -0.25) is 0 Å². The van der Waals surface area contributed by atoms with E-state index in [4.69, 9.17) is 5.73 Å². The zero-order valence-corrected chi connectivity index (χ0v) is 11.2. The lowest BCUT2D eigenvalue weighted by Crippen LogP contribution is -2.44. The molecular formula is C15H24N2. The van der Waals surface area contributed by atoms with Crippen molar-refractivity contribution in [1.29, 1.82) is 0 Å². The number of rotatable bonds is 1. The molecule has 1 aliphatic rings. The van der Waals surface area contributed by atoms with Crippen LogP contribution in [0.15, 0.2) is 24.3 Å². The molecule has 0 aliphatic carbocycles. The molecule has 3 N–H and O–H groups in total. The number of hydrogen-bond donors (Lipinski definition) is 2. The predicted octanol–water partition coefficient (Wildman–Crippen LogP) is 2.39. The van der Waals surface area contributed by atoms with Gasteiger partial charge in [0.25, 0.3) is 0 Å². The second-order valence-electron chi connectivity index (χ2n) is 6.14. The van der Waals surface area contributed by atoms with Crippen LogP contribution in [0, 0.1) is 0 Å². The van der Waals surface area contributed by atoms with E-state index in [1.165, 1.54) is 11.1 Å². The van der Waals surface area contributed by atoms with E-state index >= 15 is 0 Å². The van der Waals surface area contributed by atoms with E-state index in [9.17, 15) is 0 Å². The zero-order valence-electron chi connectivity index (χ0n) is 11.2. The summed E-state index contributed by atoms with van der Waals surface area (Å²) in [5.74, 6) is 0.513. The van der Waals surface area contributed by atoms with Crippen LogP contribution in [0.5, 0.6) is 0 Å². The minimum atomic E-state index is 0.215. The third kappa shape index (κ3) is 2.88. The molecule has 1 saturated heterocycles. The Hall–Kier alpha value is -0.860. The van der Waals surface area contributed by atoms with Gasteiger partial charge in [-0.05, 0) is 29.5 Å². The van der Waals surface area contributed by atoms with Gasteiger partial charge < -0.3 is 11.1 Å². The predicted molar refractivity (Wildman–Crippen MR) is 73.3 cm³/mol. The first-order valence-electron chi connectivity index (χ1n) is 6.55. The fourth-order valence-corrected chi connectivity index (χ4v) is 2.53. The largest absolute Gasteiger partial charge is 0.326 e. The van der Waals surface area contributed by atoms with Crippen molar-refractivity contribution in [3.05, 3.63) is 35.4 Å². The molecule has 2 unspecified atom stereocenters. The summed E-state index contributed by atoms with van der Waals surface area (Å²) in [6.07, 6.45) is 1.15. The third-order valence-corrected chi connectivity index (χ3v) is 3.71. The maximum atomic E-state index is 6.21. The lowest BCUT2D eigenvalue weighted by atomic mass is 9.81. The second kappa shape index (κ2) is 4.79. The molecule has 0 radical (unpaired) electrons. The Bertz CT molecular complexity index is 379. The molecule has 1 aliphatic heterocycles. The Morgan fingerprint density at radius 1 is 1.29 bits per heavy atom. The first-order chi connectivity index (χ1) is 7.98. The number of hydrogen-bond acceptors (Lipinski definition) is 2. The molecule has 2 atom stereocenters. The molecular weight excluding hydrogens is 208 g/mol. The second-order valence-corrected chi connectivity index (χ2v) is 6.14. The monoisotopic (exact) mass is 232 g/mol. The number of nitrogens with one attached hydrogen (secondary N) is 1. The average Bonchev–Trinajstić information content (AvgIpc) is 2.29. The highest BCUT2D eigenvalue weighted by Crippen LogP contribution is 2.29. The van der Waals surface area contributed by atoms with Crippen molar-refractivity contribution in [2.45, 2.75) is 44.6 Å². The molecule has 0 saturated carbocycles. The lowest BCUT2D eigenvalue weighted by molar-refractivity contribution is 0.402. The summed E-state index contributed by atoms with van der Waals surface area (Å²) in [5, 5.41) is 3.35. The summed E-state index contributed by atoms with van der Waals surface area (Å²) < 4.78 is 0. The molecule has 1 fully saturated rings. The number of nitrogens with two attached hydrogens (primary N) is 1. The highest BCUT2D eigenvalue weighted by molar-refractivity contribution is 5.32. The van der Waals surface area contributed by atoms with Gasteiger partial charge in [-0.25, -0.2) is 0 Å². The standard InChI is InChI=1S/C15H24N2/c1-15(2,3)12-6-4-5-11(9-12)13-7-8-17-10-14(13)16/h4-6,9,13-14,17H,7-8,10,16H2,1-3H3. The van der Waals surface area contributed by atoms with Gasteiger partial charge in [0.2, 0.25) is 0 Å². The molecule has 2 nitrogen and oxygen atoms in total. The Morgan fingerprint density at radius 2 is 2.06 bits per heavy atom. The maximum Gasteiger partial charge on any atom is 0.0235 e. The fraction of sp³-hybridized carbons (Fsp3) is 0.600. The highest BCUT2D eigenvalue weighted by Gasteiger charge is 2.24. The van der Waals surface area contributed by atoms with Gasteiger partial charge in [-0.15, -0.1) is 0 Å². The quantitative estimate of drug-likeness (QED) is 0.780. The summed E-state index contributed by atoms with van der Waals surface area (Å²) in [6.45, 7) is 8.79. The van der Waals surface area contributed by atoms with Gasteiger partial charge in [0.15, 0.2) is 0 Å². The zero-order chi connectivity index (χ0) is 12.5. The van der Waals surface area contributed by atoms with E-state index in [2.05, 4.69) is 50.4 Å². The molecule has 94 valence electrons. The van der Waals surface area contributed by atoms with Gasteiger partial charge in [0.05, 0.1) is 0 Å². The third-order valence-electron chi connectivity index (χ3n) is 3.71. The van der Waals surface area contributed by atoms with Crippen LogP contribution in [0.1, 0.15) is 44.2 Å². The topological polar surface area (TPSA) is 38.0 Å². The van der Waals surface area contributed by atoms with Crippen LogP contribution in [0.3, 0.4) is 0 Å². The Kier molecular flexibility index (Phi) is 3.55.